The predicted octanol–water partition coefficient (Wildman–Crippen LogP) is 3.33. The first-order chi connectivity index (χ1) is 5.74. The molecule has 0 heterocycles. The fourth-order valence-electron chi connectivity index (χ4n) is 1.33. The third kappa shape index (κ3) is 2.36. The Bertz CT molecular complexity index is 196. The fourth-order valence-corrected chi connectivity index (χ4v) is 1.33. The molecule has 0 amide bonds. The molecule has 0 radical (unpaired) electrons. The van der Waals surface area contributed by atoms with Crippen molar-refractivity contribution < 1.29 is 9.13 Å². The highest BCUT2D eigenvalue weighted by Crippen LogP contribution is 2.28. The number of rotatable bonds is 4. The third-order valence-corrected chi connectivity index (χ3v) is 1.94. The Morgan fingerprint density at radius 3 is 2.92 bits per heavy atom. The molecule has 1 aliphatic rings. The van der Waals surface area contributed by atoms with Gasteiger partial charge in [-0.05, 0) is 13.3 Å². The molecule has 0 aliphatic heterocycles. The molecule has 0 fully saturated rings. The summed E-state index contributed by atoms with van der Waals surface area (Å²) in [7, 11) is 0. The zero-order valence-electron chi connectivity index (χ0n) is 7.48. The van der Waals surface area contributed by atoms with E-state index in [0.717, 1.165) is 19.3 Å². The maximum absolute atomic E-state index is 12.9. The first kappa shape index (κ1) is 9.30. The molecule has 12 heavy (non-hydrogen) atoms. The summed E-state index contributed by atoms with van der Waals surface area (Å²) < 4.78 is 18.3. The molecule has 0 aromatic heterocycles. The second kappa shape index (κ2) is 4.29. The van der Waals surface area contributed by atoms with Crippen LogP contribution in [0.5, 0.6) is 0 Å². The number of halogens is 1. The van der Waals surface area contributed by atoms with Crippen molar-refractivity contribution in [1.29, 1.82) is 0 Å². The van der Waals surface area contributed by atoms with E-state index in [4.69, 9.17) is 4.74 Å². The van der Waals surface area contributed by atoms with Gasteiger partial charge in [-0.3, -0.25) is 0 Å². The van der Waals surface area contributed by atoms with E-state index in [9.17, 15) is 4.39 Å². The van der Waals surface area contributed by atoms with Crippen molar-refractivity contribution in [2.75, 3.05) is 0 Å². The zero-order valence-corrected chi connectivity index (χ0v) is 7.48. The van der Waals surface area contributed by atoms with Crippen molar-refractivity contribution in [1.82, 2.24) is 0 Å². The van der Waals surface area contributed by atoms with E-state index in [1.54, 1.807) is 6.08 Å². The molecule has 0 saturated carbocycles. The molecule has 0 aromatic rings. The van der Waals surface area contributed by atoms with Gasteiger partial charge in [-0.1, -0.05) is 6.08 Å². The monoisotopic (exact) mass is 170 g/mol. The van der Waals surface area contributed by atoms with Crippen LogP contribution in [0.3, 0.4) is 0 Å². The average molecular weight is 170 g/mol. The highest BCUT2D eigenvalue weighted by atomic mass is 19.1. The Labute approximate surface area is 72.9 Å². The van der Waals surface area contributed by atoms with Gasteiger partial charge in [-0.2, -0.15) is 0 Å². The minimum Gasteiger partial charge on any atom is -0.492 e. The largest absolute Gasteiger partial charge is 0.492 e. The summed E-state index contributed by atoms with van der Waals surface area (Å²) in [4.78, 5) is 0. The molecule has 0 N–H and O–H groups in total. The van der Waals surface area contributed by atoms with Crippen LogP contribution in [0.4, 0.5) is 4.39 Å². The summed E-state index contributed by atoms with van der Waals surface area (Å²) in [5, 5.41) is 0. The van der Waals surface area contributed by atoms with E-state index >= 15 is 0 Å². The number of ether oxygens (including phenoxy) is 1. The molecule has 0 aromatic carbocycles. The lowest BCUT2D eigenvalue weighted by molar-refractivity contribution is 0.124. The van der Waals surface area contributed by atoms with Gasteiger partial charge in [-0.15, -0.1) is 6.58 Å². The summed E-state index contributed by atoms with van der Waals surface area (Å²) in [5.41, 5.74) is 0. The minimum absolute atomic E-state index is 0.0568. The second-order valence-corrected chi connectivity index (χ2v) is 3.13. The van der Waals surface area contributed by atoms with Gasteiger partial charge in [0, 0.05) is 19.3 Å². The van der Waals surface area contributed by atoms with Crippen molar-refractivity contribution in [3.8, 4) is 0 Å². The minimum atomic E-state index is -0.0640. The summed E-state index contributed by atoms with van der Waals surface area (Å²) in [5.74, 6) is 0.496. The maximum Gasteiger partial charge on any atom is 0.137 e. The summed E-state index contributed by atoms with van der Waals surface area (Å²) in [6, 6.07) is 0. The van der Waals surface area contributed by atoms with Crippen molar-refractivity contribution in [2.45, 2.75) is 38.7 Å². The lowest BCUT2D eigenvalue weighted by atomic mass is 10.3. The first-order valence-corrected chi connectivity index (χ1v) is 4.39. The van der Waals surface area contributed by atoms with Gasteiger partial charge in [0.15, 0.2) is 0 Å². The van der Waals surface area contributed by atoms with E-state index in [1.807, 2.05) is 6.92 Å². The topological polar surface area (TPSA) is 9.23 Å². The van der Waals surface area contributed by atoms with Gasteiger partial charge in [0.1, 0.15) is 11.6 Å². The highest BCUT2D eigenvalue weighted by Gasteiger charge is 2.17. The molecule has 1 nitrogen and oxygen atoms in total. The number of hydrogen-bond donors (Lipinski definition) is 0. The van der Waals surface area contributed by atoms with Gasteiger partial charge in [0.2, 0.25) is 0 Å². The van der Waals surface area contributed by atoms with Gasteiger partial charge in [0.05, 0.1) is 6.10 Å². The van der Waals surface area contributed by atoms with Gasteiger partial charge >= 0.3 is 0 Å². The van der Waals surface area contributed by atoms with Crippen LogP contribution in [0.2, 0.25) is 0 Å². The maximum atomic E-state index is 12.9. The van der Waals surface area contributed by atoms with Crippen molar-refractivity contribution >= 4 is 0 Å². The van der Waals surface area contributed by atoms with Crippen molar-refractivity contribution in [2.24, 2.45) is 0 Å². The lowest BCUT2D eigenvalue weighted by Gasteiger charge is -2.13. The smallest absolute Gasteiger partial charge is 0.137 e. The molecule has 0 saturated heterocycles. The normalized spacial score (nSPS) is 19.5. The standard InChI is InChI=1S/C10H15FO/c1-3-5-8(2)12-10-7-4-6-9(10)11/h3,8H,1,4-7H2,2H3. The first-order valence-electron chi connectivity index (χ1n) is 4.39. The lowest BCUT2D eigenvalue weighted by Crippen LogP contribution is -2.05. The number of allylic oxidation sites excluding steroid dienone is 2. The molecule has 1 unspecified atom stereocenters. The number of hydrogen-bond acceptors (Lipinski definition) is 1. The SMILES string of the molecule is C=CCC(C)OC1=C(F)CCC1. The van der Waals surface area contributed by atoms with Crippen LogP contribution in [-0.2, 0) is 4.74 Å². The van der Waals surface area contributed by atoms with Crippen LogP contribution < -0.4 is 0 Å². The van der Waals surface area contributed by atoms with Gasteiger partial charge in [-0.25, -0.2) is 4.39 Å². The van der Waals surface area contributed by atoms with Crippen LogP contribution in [0.15, 0.2) is 24.2 Å². The van der Waals surface area contributed by atoms with E-state index < -0.39 is 0 Å². The van der Waals surface area contributed by atoms with Crippen LogP contribution in [0.25, 0.3) is 0 Å². The molecule has 1 aliphatic carbocycles. The van der Waals surface area contributed by atoms with Gasteiger partial charge in [0.25, 0.3) is 0 Å². The van der Waals surface area contributed by atoms with Crippen LogP contribution in [-0.4, -0.2) is 6.10 Å². The Hall–Kier alpha value is -0.790. The fraction of sp³-hybridized carbons (Fsp3) is 0.600. The van der Waals surface area contributed by atoms with E-state index in [-0.39, 0.29) is 11.9 Å². The zero-order chi connectivity index (χ0) is 8.97. The second-order valence-electron chi connectivity index (χ2n) is 3.13. The van der Waals surface area contributed by atoms with E-state index in [0.29, 0.717) is 12.2 Å². The molecule has 1 rings (SSSR count). The molecule has 68 valence electrons. The van der Waals surface area contributed by atoms with E-state index in [1.165, 1.54) is 0 Å². The molecular weight excluding hydrogens is 155 g/mol. The average Bonchev–Trinajstić information content (AvgIpc) is 2.37. The van der Waals surface area contributed by atoms with Crippen LogP contribution >= 0.6 is 0 Å². The van der Waals surface area contributed by atoms with Crippen LogP contribution in [0, 0.1) is 0 Å². The Balaban J connectivity index is 2.39. The third-order valence-electron chi connectivity index (χ3n) is 1.94. The Morgan fingerprint density at radius 2 is 2.42 bits per heavy atom. The molecular formula is C10H15FO. The quantitative estimate of drug-likeness (QED) is 0.588. The molecule has 0 bridgehead atoms. The van der Waals surface area contributed by atoms with Crippen LogP contribution in [0.1, 0.15) is 32.6 Å². The van der Waals surface area contributed by atoms with Gasteiger partial charge < -0.3 is 4.74 Å². The highest BCUT2D eigenvalue weighted by molar-refractivity contribution is 5.07. The molecule has 1 atom stereocenters. The summed E-state index contributed by atoms with van der Waals surface area (Å²) in [6.07, 6.45) is 4.82. The summed E-state index contributed by atoms with van der Waals surface area (Å²) >= 11 is 0. The predicted molar refractivity (Wildman–Crippen MR) is 47.3 cm³/mol. The van der Waals surface area contributed by atoms with Crippen molar-refractivity contribution in [3.05, 3.63) is 24.2 Å². The van der Waals surface area contributed by atoms with E-state index in [2.05, 4.69) is 6.58 Å². The Morgan fingerprint density at radius 1 is 1.67 bits per heavy atom. The summed E-state index contributed by atoms with van der Waals surface area (Å²) in [6.45, 7) is 5.54. The molecule has 0 spiro atoms. The van der Waals surface area contributed by atoms with Crippen molar-refractivity contribution in [3.63, 3.8) is 0 Å². The molecule has 2 heteroatoms. The Kier molecular flexibility index (Phi) is 3.32.